The first-order valence-corrected chi connectivity index (χ1v) is 10.2. The van der Waals surface area contributed by atoms with E-state index >= 15 is 0 Å². The molecule has 6 heteroatoms. The molecular formula is C21H34FN5. The molecule has 2 N–H and O–H groups in total. The van der Waals surface area contributed by atoms with Crippen LogP contribution >= 0.6 is 0 Å². The summed E-state index contributed by atoms with van der Waals surface area (Å²) in [5.74, 6) is 1.40. The van der Waals surface area contributed by atoms with E-state index in [1.54, 1.807) is 6.07 Å². The van der Waals surface area contributed by atoms with Crippen molar-refractivity contribution in [2.45, 2.75) is 38.6 Å². The zero-order valence-corrected chi connectivity index (χ0v) is 17.0. The fourth-order valence-corrected chi connectivity index (χ4v) is 4.25. The van der Waals surface area contributed by atoms with E-state index in [0.717, 1.165) is 56.2 Å². The van der Waals surface area contributed by atoms with Crippen molar-refractivity contribution in [1.29, 1.82) is 0 Å². The van der Waals surface area contributed by atoms with Crippen LogP contribution in [0.5, 0.6) is 0 Å². The van der Waals surface area contributed by atoms with Gasteiger partial charge in [0.15, 0.2) is 5.96 Å². The maximum absolute atomic E-state index is 14.3. The fourth-order valence-electron chi connectivity index (χ4n) is 4.25. The van der Waals surface area contributed by atoms with E-state index in [-0.39, 0.29) is 11.9 Å². The van der Waals surface area contributed by atoms with Crippen molar-refractivity contribution in [1.82, 2.24) is 15.5 Å². The molecule has 0 spiro atoms. The Morgan fingerprint density at radius 1 is 1.22 bits per heavy atom. The third kappa shape index (κ3) is 5.58. The highest BCUT2D eigenvalue weighted by Gasteiger charge is 2.23. The minimum atomic E-state index is -0.134. The van der Waals surface area contributed by atoms with Crippen molar-refractivity contribution in [2.24, 2.45) is 10.9 Å². The van der Waals surface area contributed by atoms with Gasteiger partial charge in [0.1, 0.15) is 5.82 Å². The number of anilines is 1. The van der Waals surface area contributed by atoms with E-state index in [0.29, 0.717) is 5.92 Å². The Kier molecular flexibility index (Phi) is 6.94. The standard InChI is InChI=1S/C21H34FN5/c1-16-8-9-19(22)20(12-16)27-11-5-7-18(15-27)25-21(23-2)24-13-17-6-4-10-26(3)14-17/h8-9,12,17-18H,4-7,10-11,13-15H2,1-3H3,(H2,23,24,25). The average Bonchev–Trinajstić information content (AvgIpc) is 2.67. The first kappa shape index (κ1) is 19.9. The topological polar surface area (TPSA) is 42.9 Å². The number of aliphatic imine (C=N–C) groups is 1. The van der Waals surface area contributed by atoms with Gasteiger partial charge in [-0.3, -0.25) is 4.99 Å². The van der Waals surface area contributed by atoms with E-state index < -0.39 is 0 Å². The van der Waals surface area contributed by atoms with Crippen LogP contribution in [0.1, 0.15) is 31.2 Å². The number of nitrogens with zero attached hydrogens (tertiary/aromatic N) is 3. The van der Waals surface area contributed by atoms with Crippen molar-refractivity contribution in [3.8, 4) is 0 Å². The second kappa shape index (κ2) is 9.40. The molecule has 0 aromatic heterocycles. The molecule has 2 atom stereocenters. The number of aryl methyl sites for hydroxylation is 1. The summed E-state index contributed by atoms with van der Waals surface area (Å²) in [6.45, 7) is 7.01. The summed E-state index contributed by atoms with van der Waals surface area (Å²) in [6, 6.07) is 5.62. The minimum Gasteiger partial charge on any atom is -0.367 e. The lowest BCUT2D eigenvalue weighted by Crippen LogP contribution is -2.52. The second-order valence-corrected chi connectivity index (χ2v) is 8.11. The Labute approximate surface area is 163 Å². The minimum absolute atomic E-state index is 0.134. The summed E-state index contributed by atoms with van der Waals surface area (Å²) in [5, 5.41) is 7.05. The molecule has 2 heterocycles. The Hall–Kier alpha value is -1.82. The van der Waals surface area contributed by atoms with Crippen molar-refractivity contribution in [3.05, 3.63) is 29.6 Å². The van der Waals surface area contributed by atoms with E-state index in [1.165, 1.54) is 19.4 Å². The van der Waals surface area contributed by atoms with Gasteiger partial charge in [0.05, 0.1) is 5.69 Å². The molecular weight excluding hydrogens is 341 g/mol. The number of rotatable bonds is 4. The first-order valence-electron chi connectivity index (χ1n) is 10.2. The predicted octanol–water partition coefficient (Wildman–Crippen LogP) is 2.61. The van der Waals surface area contributed by atoms with Crippen LogP contribution in [0.4, 0.5) is 10.1 Å². The van der Waals surface area contributed by atoms with Gasteiger partial charge in [0.25, 0.3) is 0 Å². The lowest BCUT2D eigenvalue weighted by molar-refractivity contribution is 0.210. The normalized spacial score (nSPS) is 24.7. The van der Waals surface area contributed by atoms with Crippen LogP contribution in [-0.4, -0.2) is 63.7 Å². The highest BCUT2D eigenvalue weighted by molar-refractivity contribution is 5.80. The SMILES string of the molecule is CN=C(NCC1CCCN(C)C1)NC1CCCN(c2cc(C)ccc2F)C1. The maximum Gasteiger partial charge on any atom is 0.191 e. The molecule has 2 aliphatic heterocycles. The van der Waals surface area contributed by atoms with E-state index in [2.05, 4.69) is 32.5 Å². The molecule has 150 valence electrons. The number of halogens is 1. The fraction of sp³-hybridized carbons (Fsp3) is 0.667. The second-order valence-electron chi connectivity index (χ2n) is 8.11. The van der Waals surface area contributed by atoms with Crippen molar-refractivity contribution in [3.63, 3.8) is 0 Å². The number of hydrogen-bond acceptors (Lipinski definition) is 3. The molecule has 27 heavy (non-hydrogen) atoms. The highest BCUT2D eigenvalue weighted by Crippen LogP contribution is 2.24. The molecule has 0 aliphatic carbocycles. The number of benzene rings is 1. The maximum atomic E-state index is 14.3. The molecule has 2 unspecified atom stereocenters. The lowest BCUT2D eigenvalue weighted by atomic mass is 9.98. The Bertz CT molecular complexity index is 647. The van der Waals surface area contributed by atoms with Crippen molar-refractivity contribution in [2.75, 3.05) is 51.7 Å². The molecule has 5 nitrogen and oxygen atoms in total. The molecule has 2 aliphatic rings. The molecule has 0 saturated carbocycles. The van der Waals surface area contributed by atoms with Crippen molar-refractivity contribution < 1.29 is 4.39 Å². The van der Waals surface area contributed by atoms with Gasteiger partial charge in [-0.05, 0) is 69.8 Å². The molecule has 0 amide bonds. The van der Waals surface area contributed by atoms with Crippen LogP contribution in [0.25, 0.3) is 0 Å². The van der Waals surface area contributed by atoms with Gasteiger partial charge in [-0.1, -0.05) is 6.07 Å². The van der Waals surface area contributed by atoms with E-state index in [9.17, 15) is 4.39 Å². The Balaban J connectivity index is 1.53. The number of likely N-dealkylation sites (tertiary alicyclic amines) is 1. The van der Waals surface area contributed by atoms with E-state index in [4.69, 9.17) is 0 Å². The molecule has 3 rings (SSSR count). The van der Waals surface area contributed by atoms with Crippen LogP contribution in [0, 0.1) is 18.7 Å². The Morgan fingerprint density at radius 3 is 2.81 bits per heavy atom. The summed E-state index contributed by atoms with van der Waals surface area (Å²) >= 11 is 0. The molecule has 2 saturated heterocycles. The third-order valence-electron chi connectivity index (χ3n) is 5.71. The number of hydrogen-bond donors (Lipinski definition) is 2. The average molecular weight is 376 g/mol. The van der Waals surface area contributed by atoms with Gasteiger partial charge < -0.3 is 20.4 Å². The zero-order chi connectivity index (χ0) is 19.2. The summed E-state index contributed by atoms with van der Waals surface area (Å²) in [4.78, 5) is 8.97. The van der Waals surface area contributed by atoms with Gasteiger partial charge in [0.2, 0.25) is 0 Å². The van der Waals surface area contributed by atoms with Gasteiger partial charge in [-0.25, -0.2) is 4.39 Å². The molecule has 1 aromatic rings. The first-order chi connectivity index (χ1) is 13.0. The van der Waals surface area contributed by atoms with Gasteiger partial charge in [-0.2, -0.15) is 0 Å². The molecule has 0 radical (unpaired) electrons. The van der Waals surface area contributed by atoms with Gasteiger partial charge >= 0.3 is 0 Å². The number of piperidine rings is 2. The van der Waals surface area contributed by atoms with Crippen LogP contribution in [0.15, 0.2) is 23.2 Å². The van der Waals surface area contributed by atoms with E-state index in [1.807, 2.05) is 26.1 Å². The van der Waals surface area contributed by atoms with Crippen molar-refractivity contribution >= 4 is 11.6 Å². The van der Waals surface area contributed by atoms with Crippen LogP contribution in [0.3, 0.4) is 0 Å². The molecule has 0 bridgehead atoms. The molecule has 1 aromatic carbocycles. The summed E-state index contributed by atoms with van der Waals surface area (Å²) in [5.41, 5.74) is 1.81. The summed E-state index contributed by atoms with van der Waals surface area (Å²) < 4.78 is 14.3. The number of nitrogens with one attached hydrogen (secondary N) is 2. The van der Waals surface area contributed by atoms with Gasteiger partial charge in [0, 0.05) is 39.3 Å². The van der Waals surface area contributed by atoms with Gasteiger partial charge in [-0.15, -0.1) is 0 Å². The van der Waals surface area contributed by atoms with Crippen LogP contribution in [-0.2, 0) is 0 Å². The van der Waals surface area contributed by atoms with Crippen LogP contribution < -0.4 is 15.5 Å². The summed E-state index contributed by atoms with van der Waals surface area (Å²) in [7, 11) is 4.02. The monoisotopic (exact) mass is 375 g/mol. The smallest absolute Gasteiger partial charge is 0.191 e. The lowest BCUT2D eigenvalue weighted by Gasteiger charge is -2.36. The largest absolute Gasteiger partial charge is 0.367 e. The summed E-state index contributed by atoms with van der Waals surface area (Å²) in [6.07, 6.45) is 4.68. The quantitative estimate of drug-likeness (QED) is 0.627. The number of guanidine groups is 1. The molecule has 2 fully saturated rings. The third-order valence-corrected chi connectivity index (χ3v) is 5.71. The predicted molar refractivity (Wildman–Crippen MR) is 111 cm³/mol. The highest BCUT2D eigenvalue weighted by atomic mass is 19.1. The zero-order valence-electron chi connectivity index (χ0n) is 17.0. The Morgan fingerprint density at radius 2 is 2.04 bits per heavy atom. The van der Waals surface area contributed by atoms with Crippen LogP contribution in [0.2, 0.25) is 0 Å².